The minimum atomic E-state index is -6.24. The molecule has 2 amide bonds. The van der Waals surface area contributed by atoms with E-state index in [4.69, 9.17) is 22.1 Å². The van der Waals surface area contributed by atoms with Crippen molar-refractivity contribution < 1.29 is 49.4 Å². The fraction of sp³-hybridized carbons (Fsp3) is 0.312. The average molecular weight is 718 g/mol. The number of hydrogen-bond acceptors (Lipinski definition) is 5. The van der Waals surface area contributed by atoms with Crippen LogP contribution in [0.5, 0.6) is 0 Å². The van der Waals surface area contributed by atoms with Crippen molar-refractivity contribution in [2.75, 3.05) is 11.5 Å². The fourth-order valence-electron chi connectivity index (χ4n) is 5.00. The summed E-state index contributed by atoms with van der Waals surface area (Å²) in [4.78, 5) is 30.4. The van der Waals surface area contributed by atoms with Gasteiger partial charge in [-0.2, -0.15) is 35.1 Å². The van der Waals surface area contributed by atoms with Gasteiger partial charge in [0.25, 0.3) is 11.8 Å². The lowest BCUT2D eigenvalue weighted by Gasteiger charge is -2.39. The lowest BCUT2D eigenvalue weighted by molar-refractivity contribution is -0.292. The highest BCUT2D eigenvalue weighted by atomic mass is 35.5. The molecule has 0 aliphatic rings. The zero-order chi connectivity index (χ0) is 36.5. The van der Waals surface area contributed by atoms with Crippen LogP contribution in [0.15, 0.2) is 66.7 Å². The third-order valence-corrected chi connectivity index (χ3v) is 7.58. The van der Waals surface area contributed by atoms with Crippen LogP contribution in [0, 0.1) is 6.92 Å². The Morgan fingerprint density at radius 1 is 0.918 bits per heavy atom. The van der Waals surface area contributed by atoms with Crippen molar-refractivity contribution in [1.82, 2.24) is 14.8 Å². The molecule has 0 spiro atoms. The molecule has 0 aliphatic carbocycles. The van der Waals surface area contributed by atoms with E-state index >= 15 is 0 Å². The predicted molar refractivity (Wildman–Crippen MR) is 162 cm³/mol. The first-order valence-corrected chi connectivity index (χ1v) is 14.6. The Balaban J connectivity index is 1.76. The van der Waals surface area contributed by atoms with Gasteiger partial charge in [0.05, 0.1) is 41.4 Å². The van der Waals surface area contributed by atoms with Gasteiger partial charge in [-0.1, -0.05) is 60.1 Å². The minimum absolute atomic E-state index is 0.00959. The molecule has 0 radical (unpaired) electrons. The topological polar surface area (TPSA) is 103 Å². The van der Waals surface area contributed by atoms with Crippen LogP contribution >= 0.6 is 11.6 Å². The van der Waals surface area contributed by atoms with E-state index in [9.17, 15) is 44.7 Å². The number of carbonyl (C=O) groups is 2. The van der Waals surface area contributed by atoms with Gasteiger partial charge in [0.2, 0.25) is 11.6 Å². The molecule has 49 heavy (non-hydrogen) atoms. The number of benzene rings is 3. The molecule has 2 N–H and O–H groups in total. The van der Waals surface area contributed by atoms with Gasteiger partial charge in [-0.3, -0.25) is 9.59 Å². The van der Waals surface area contributed by atoms with Crippen molar-refractivity contribution in [3.63, 3.8) is 0 Å². The molecule has 0 saturated carbocycles. The van der Waals surface area contributed by atoms with E-state index in [-0.39, 0.29) is 50.9 Å². The number of aromatic nitrogens is 3. The number of nitrogens with two attached hydrogens (primary N) is 1. The van der Waals surface area contributed by atoms with Crippen LogP contribution in [0.3, 0.4) is 0 Å². The minimum Gasteiger partial charge on any atom is -0.374 e. The van der Waals surface area contributed by atoms with Crippen LogP contribution in [0.1, 0.15) is 62.9 Å². The molecule has 0 unspecified atom stereocenters. The molecule has 0 aliphatic heterocycles. The largest absolute Gasteiger partial charge is 0.461 e. The summed E-state index contributed by atoms with van der Waals surface area (Å²) in [6.45, 7) is 4.00. The predicted octanol–water partition coefficient (Wildman–Crippen LogP) is 7.70. The summed E-state index contributed by atoms with van der Waals surface area (Å²) >= 11 is 6.21. The van der Waals surface area contributed by atoms with E-state index in [2.05, 4.69) is 10.1 Å². The highest BCUT2D eigenvalue weighted by Gasteiger charge is 2.62. The number of nitrogens with zero attached hydrogens (tertiary/aromatic N) is 4. The number of carbonyl (C=O) groups excluding carboxylic acids is 2. The molecular formula is C32H28ClF8N5O3. The number of primary amides is 1. The number of ether oxygens (including phenoxy) is 1. The molecule has 1 aromatic heterocycles. The maximum Gasteiger partial charge on any atom is 0.461 e. The molecule has 17 heteroatoms. The second-order valence-corrected chi connectivity index (χ2v) is 12.0. The van der Waals surface area contributed by atoms with Gasteiger partial charge in [-0.15, -0.1) is 5.10 Å². The summed E-state index contributed by atoms with van der Waals surface area (Å²) in [5, 5.41) is 2.79. The van der Waals surface area contributed by atoms with Crippen LogP contribution in [0.25, 0.3) is 0 Å². The zero-order valence-electron chi connectivity index (χ0n) is 26.0. The SMILES string of the molecule is Cc1cc(Cn2nc(C(F)(F)C(F)(F)F)nc2C(F)(F)F)ccc1N(C(=O)c1cccc(Cl)c1C(N)=O)C(C)(C)COCc1ccccc1. The number of amides is 2. The normalized spacial score (nSPS) is 12.7. The molecule has 8 nitrogen and oxygen atoms in total. The van der Waals surface area contributed by atoms with Gasteiger partial charge < -0.3 is 15.4 Å². The van der Waals surface area contributed by atoms with Crippen molar-refractivity contribution in [1.29, 1.82) is 0 Å². The van der Waals surface area contributed by atoms with Crippen LogP contribution in [-0.2, 0) is 30.0 Å². The molecule has 0 saturated heterocycles. The highest BCUT2D eigenvalue weighted by Crippen LogP contribution is 2.43. The van der Waals surface area contributed by atoms with Crippen LogP contribution in [0.2, 0.25) is 5.02 Å². The van der Waals surface area contributed by atoms with E-state index in [1.165, 1.54) is 48.2 Å². The Labute approximate surface area is 279 Å². The van der Waals surface area contributed by atoms with E-state index in [0.717, 1.165) is 5.56 Å². The van der Waals surface area contributed by atoms with E-state index < -0.39 is 53.8 Å². The van der Waals surface area contributed by atoms with Gasteiger partial charge in [0.1, 0.15) is 0 Å². The quantitative estimate of drug-likeness (QED) is 0.160. The summed E-state index contributed by atoms with van der Waals surface area (Å²) in [5.74, 6) is -11.9. The monoisotopic (exact) mass is 717 g/mol. The Morgan fingerprint density at radius 3 is 2.14 bits per heavy atom. The Kier molecular flexibility index (Phi) is 10.4. The van der Waals surface area contributed by atoms with Crippen LogP contribution in [-0.4, -0.2) is 44.9 Å². The Morgan fingerprint density at radius 2 is 1.57 bits per heavy atom. The second kappa shape index (κ2) is 13.7. The molecule has 1 heterocycles. The van der Waals surface area contributed by atoms with Crippen LogP contribution in [0.4, 0.5) is 40.8 Å². The molecule has 3 aromatic carbocycles. The third kappa shape index (κ3) is 8.02. The maximum absolute atomic E-state index is 14.3. The van der Waals surface area contributed by atoms with Crippen molar-refractivity contribution in [3.05, 3.63) is 111 Å². The van der Waals surface area contributed by atoms with Crippen molar-refractivity contribution in [2.24, 2.45) is 5.73 Å². The summed E-state index contributed by atoms with van der Waals surface area (Å²) in [5.41, 5.74) is 5.23. The highest BCUT2D eigenvalue weighted by molar-refractivity contribution is 6.35. The number of anilines is 1. The molecule has 4 rings (SSSR count). The molecule has 262 valence electrons. The van der Waals surface area contributed by atoms with Gasteiger partial charge in [-0.05, 0) is 55.7 Å². The second-order valence-electron chi connectivity index (χ2n) is 11.6. The first-order chi connectivity index (χ1) is 22.6. The third-order valence-electron chi connectivity index (χ3n) is 7.26. The van der Waals surface area contributed by atoms with Crippen LogP contribution < -0.4 is 10.6 Å². The van der Waals surface area contributed by atoms with E-state index in [1.807, 2.05) is 30.3 Å². The van der Waals surface area contributed by atoms with Crippen molar-refractivity contribution in [2.45, 2.75) is 57.7 Å². The molecule has 0 atom stereocenters. The van der Waals surface area contributed by atoms with Crippen molar-refractivity contribution in [3.8, 4) is 0 Å². The van der Waals surface area contributed by atoms with Crippen molar-refractivity contribution >= 4 is 29.1 Å². The summed E-state index contributed by atoms with van der Waals surface area (Å²) in [6.07, 6.45) is -11.7. The first-order valence-electron chi connectivity index (χ1n) is 14.3. The van der Waals surface area contributed by atoms with Gasteiger partial charge in [0, 0.05) is 5.69 Å². The molecule has 0 bridgehead atoms. The summed E-state index contributed by atoms with van der Waals surface area (Å²) in [6, 6.07) is 17.1. The number of alkyl halides is 8. The molecular weight excluding hydrogens is 690 g/mol. The summed E-state index contributed by atoms with van der Waals surface area (Å²) < 4.78 is 113. The Hall–Kier alpha value is -4.57. The van der Waals surface area contributed by atoms with Gasteiger partial charge >= 0.3 is 18.3 Å². The Bertz CT molecular complexity index is 1840. The number of aryl methyl sites for hydroxylation is 1. The maximum atomic E-state index is 14.3. The van der Waals surface area contributed by atoms with Gasteiger partial charge in [-0.25, -0.2) is 9.67 Å². The van der Waals surface area contributed by atoms with E-state index in [0.29, 0.717) is 0 Å². The number of halogens is 9. The smallest absolute Gasteiger partial charge is 0.374 e. The lowest BCUT2D eigenvalue weighted by atomic mass is 9.96. The molecule has 0 fully saturated rings. The number of rotatable bonds is 11. The standard InChI is InChI=1S/C32H28ClF8N5O3/c1-18-14-20(15-45-28(31(36,37)38)43-27(44-45)30(34,35)32(39,40)41)12-13-23(18)46(26(48)21-10-7-11-22(33)24(21)25(42)47)29(2,3)17-49-16-19-8-5-4-6-9-19/h4-14H,15-17H2,1-3H3,(H2,42,47). The first kappa shape index (κ1) is 37.3. The average Bonchev–Trinajstić information content (AvgIpc) is 3.43. The fourth-order valence-corrected chi connectivity index (χ4v) is 5.27. The van der Waals surface area contributed by atoms with Gasteiger partial charge in [0.15, 0.2) is 0 Å². The number of hydrogen-bond donors (Lipinski definition) is 1. The summed E-state index contributed by atoms with van der Waals surface area (Å²) in [7, 11) is 0. The van der Waals surface area contributed by atoms with E-state index in [1.54, 1.807) is 13.8 Å². The lowest BCUT2D eigenvalue weighted by Crippen LogP contribution is -2.52. The zero-order valence-corrected chi connectivity index (χ0v) is 26.7. The molecule has 4 aromatic rings.